The molecular formula is C17H12ClFN2O3. The van der Waals surface area contributed by atoms with Gasteiger partial charge in [-0.05, 0) is 49.4 Å². The number of nitriles is 1. The number of ether oxygens (including phenoxy) is 1. The minimum absolute atomic E-state index is 0.149. The van der Waals surface area contributed by atoms with Crippen molar-refractivity contribution in [2.75, 3.05) is 5.32 Å². The zero-order valence-electron chi connectivity index (χ0n) is 12.5. The standard InChI is InChI=1S/C17H12ClFN2O3/c1-10(16(22)21-13-5-2-11(9-20)3-6-13)24-17(23)14-7-4-12(18)8-15(14)19/h2-8,10H,1H3,(H,21,22)/t10-/m0/s1. The van der Waals surface area contributed by atoms with Crippen LogP contribution in [-0.2, 0) is 9.53 Å². The summed E-state index contributed by atoms with van der Waals surface area (Å²) >= 11 is 5.61. The Morgan fingerprint density at radius 1 is 1.25 bits per heavy atom. The molecule has 0 fully saturated rings. The van der Waals surface area contributed by atoms with Crippen LogP contribution in [0.3, 0.4) is 0 Å². The lowest BCUT2D eigenvalue weighted by molar-refractivity contribution is -0.123. The number of carbonyl (C=O) groups excluding carboxylic acids is 2. The van der Waals surface area contributed by atoms with Crippen molar-refractivity contribution in [3.05, 3.63) is 64.4 Å². The van der Waals surface area contributed by atoms with E-state index in [2.05, 4.69) is 5.32 Å². The molecule has 2 rings (SSSR count). The minimum atomic E-state index is -1.14. The number of nitrogens with zero attached hydrogens (tertiary/aromatic N) is 1. The maximum Gasteiger partial charge on any atom is 0.341 e. The molecule has 1 amide bonds. The largest absolute Gasteiger partial charge is 0.449 e. The predicted octanol–water partition coefficient (Wildman–Crippen LogP) is 3.53. The first-order valence-electron chi connectivity index (χ1n) is 6.88. The Morgan fingerprint density at radius 3 is 2.50 bits per heavy atom. The molecule has 0 aliphatic heterocycles. The summed E-state index contributed by atoms with van der Waals surface area (Å²) < 4.78 is 18.6. The molecule has 0 heterocycles. The number of benzene rings is 2. The summed E-state index contributed by atoms with van der Waals surface area (Å²) in [5.74, 6) is -2.37. The fourth-order valence-electron chi connectivity index (χ4n) is 1.80. The van der Waals surface area contributed by atoms with Crippen LogP contribution in [0.15, 0.2) is 42.5 Å². The van der Waals surface area contributed by atoms with Gasteiger partial charge in [0.2, 0.25) is 0 Å². The minimum Gasteiger partial charge on any atom is -0.449 e. The van der Waals surface area contributed by atoms with E-state index < -0.39 is 23.8 Å². The molecule has 0 aliphatic rings. The summed E-state index contributed by atoms with van der Waals surface area (Å²) in [6.07, 6.45) is -1.14. The second kappa shape index (κ2) is 7.57. The van der Waals surface area contributed by atoms with Gasteiger partial charge in [0.25, 0.3) is 5.91 Å². The molecular weight excluding hydrogens is 335 g/mol. The molecule has 0 aromatic heterocycles. The third-order valence-electron chi connectivity index (χ3n) is 3.09. The van der Waals surface area contributed by atoms with E-state index in [1.54, 1.807) is 12.1 Å². The molecule has 0 radical (unpaired) electrons. The van der Waals surface area contributed by atoms with E-state index in [0.717, 1.165) is 6.07 Å². The molecule has 0 aliphatic carbocycles. The number of hydrogen-bond donors (Lipinski definition) is 1. The SMILES string of the molecule is C[C@H](OC(=O)c1ccc(Cl)cc1F)C(=O)Nc1ccc(C#N)cc1. The maximum absolute atomic E-state index is 13.7. The zero-order chi connectivity index (χ0) is 17.7. The number of rotatable bonds is 4. The van der Waals surface area contributed by atoms with E-state index in [0.29, 0.717) is 11.3 Å². The van der Waals surface area contributed by atoms with Crippen LogP contribution in [-0.4, -0.2) is 18.0 Å². The summed E-state index contributed by atoms with van der Waals surface area (Å²) in [5.41, 5.74) is 0.586. The van der Waals surface area contributed by atoms with Gasteiger partial charge in [-0.15, -0.1) is 0 Å². The van der Waals surface area contributed by atoms with E-state index in [-0.39, 0.29) is 10.6 Å². The van der Waals surface area contributed by atoms with Crippen molar-refractivity contribution >= 4 is 29.2 Å². The average molecular weight is 347 g/mol. The van der Waals surface area contributed by atoms with Crippen LogP contribution in [0.25, 0.3) is 0 Å². The lowest BCUT2D eigenvalue weighted by Crippen LogP contribution is -2.30. The quantitative estimate of drug-likeness (QED) is 0.859. The zero-order valence-corrected chi connectivity index (χ0v) is 13.3. The average Bonchev–Trinajstić information content (AvgIpc) is 2.55. The van der Waals surface area contributed by atoms with Gasteiger partial charge in [-0.1, -0.05) is 11.6 Å². The highest BCUT2D eigenvalue weighted by Gasteiger charge is 2.21. The molecule has 5 nitrogen and oxygen atoms in total. The van der Waals surface area contributed by atoms with E-state index in [1.807, 2.05) is 6.07 Å². The lowest BCUT2D eigenvalue weighted by Gasteiger charge is -2.14. The van der Waals surface area contributed by atoms with E-state index >= 15 is 0 Å². The molecule has 0 saturated carbocycles. The molecule has 24 heavy (non-hydrogen) atoms. The van der Waals surface area contributed by atoms with Gasteiger partial charge in [0.15, 0.2) is 6.10 Å². The van der Waals surface area contributed by atoms with E-state index in [9.17, 15) is 14.0 Å². The Balaban J connectivity index is 2.00. The number of anilines is 1. The van der Waals surface area contributed by atoms with Gasteiger partial charge >= 0.3 is 5.97 Å². The van der Waals surface area contributed by atoms with Gasteiger partial charge < -0.3 is 10.1 Å². The number of amides is 1. The first kappa shape index (κ1) is 17.4. The molecule has 2 aromatic carbocycles. The molecule has 1 atom stereocenters. The highest BCUT2D eigenvalue weighted by molar-refractivity contribution is 6.30. The van der Waals surface area contributed by atoms with Crippen molar-refractivity contribution in [3.8, 4) is 6.07 Å². The van der Waals surface area contributed by atoms with Crippen LogP contribution in [0.1, 0.15) is 22.8 Å². The second-order valence-corrected chi connectivity index (χ2v) is 5.29. The van der Waals surface area contributed by atoms with Gasteiger partial charge in [-0.25, -0.2) is 9.18 Å². The molecule has 1 N–H and O–H groups in total. The van der Waals surface area contributed by atoms with Gasteiger partial charge in [0, 0.05) is 10.7 Å². The van der Waals surface area contributed by atoms with Crippen LogP contribution in [0, 0.1) is 17.1 Å². The predicted molar refractivity (Wildman–Crippen MR) is 86.1 cm³/mol. The molecule has 0 unspecified atom stereocenters. The summed E-state index contributed by atoms with van der Waals surface area (Å²) in [7, 11) is 0. The van der Waals surface area contributed by atoms with E-state index in [4.69, 9.17) is 21.6 Å². The molecule has 0 spiro atoms. The second-order valence-electron chi connectivity index (χ2n) is 4.85. The number of carbonyl (C=O) groups is 2. The fourth-order valence-corrected chi connectivity index (χ4v) is 1.96. The van der Waals surface area contributed by atoms with Crippen molar-refractivity contribution in [2.45, 2.75) is 13.0 Å². The highest BCUT2D eigenvalue weighted by atomic mass is 35.5. The van der Waals surface area contributed by atoms with Crippen LogP contribution < -0.4 is 5.32 Å². The highest BCUT2D eigenvalue weighted by Crippen LogP contribution is 2.16. The first-order valence-corrected chi connectivity index (χ1v) is 7.25. The van der Waals surface area contributed by atoms with Crippen LogP contribution in [0.5, 0.6) is 0 Å². The summed E-state index contributed by atoms with van der Waals surface area (Å²) in [4.78, 5) is 23.9. The molecule has 122 valence electrons. The monoisotopic (exact) mass is 346 g/mol. The number of esters is 1. The molecule has 0 saturated heterocycles. The summed E-state index contributed by atoms with van der Waals surface area (Å²) in [6, 6.07) is 11.6. The van der Waals surface area contributed by atoms with Crippen molar-refractivity contribution in [3.63, 3.8) is 0 Å². The van der Waals surface area contributed by atoms with Crippen LogP contribution >= 0.6 is 11.6 Å². The Labute approximate surface area is 142 Å². The Hall–Kier alpha value is -2.91. The van der Waals surface area contributed by atoms with Crippen molar-refractivity contribution in [1.29, 1.82) is 5.26 Å². The van der Waals surface area contributed by atoms with Gasteiger partial charge in [-0.2, -0.15) is 5.26 Å². The van der Waals surface area contributed by atoms with Crippen molar-refractivity contribution in [2.24, 2.45) is 0 Å². The first-order chi connectivity index (χ1) is 11.4. The molecule has 0 bridgehead atoms. The van der Waals surface area contributed by atoms with Crippen LogP contribution in [0.2, 0.25) is 5.02 Å². The molecule has 7 heteroatoms. The lowest BCUT2D eigenvalue weighted by atomic mass is 10.2. The summed E-state index contributed by atoms with van der Waals surface area (Å²) in [6.45, 7) is 1.37. The Morgan fingerprint density at radius 2 is 1.92 bits per heavy atom. The van der Waals surface area contributed by atoms with Gasteiger partial charge in [0.1, 0.15) is 5.82 Å². The third-order valence-corrected chi connectivity index (χ3v) is 3.32. The Kier molecular flexibility index (Phi) is 5.51. The normalized spacial score (nSPS) is 11.2. The topological polar surface area (TPSA) is 79.2 Å². The number of hydrogen-bond acceptors (Lipinski definition) is 4. The smallest absolute Gasteiger partial charge is 0.341 e. The van der Waals surface area contributed by atoms with E-state index in [1.165, 1.54) is 31.2 Å². The summed E-state index contributed by atoms with van der Waals surface area (Å²) in [5, 5.41) is 11.4. The fraction of sp³-hybridized carbons (Fsp3) is 0.118. The van der Waals surface area contributed by atoms with Gasteiger partial charge in [0.05, 0.1) is 17.2 Å². The third kappa shape index (κ3) is 4.31. The number of nitrogens with one attached hydrogen (secondary N) is 1. The molecule has 2 aromatic rings. The van der Waals surface area contributed by atoms with Gasteiger partial charge in [-0.3, -0.25) is 4.79 Å². The van der Waals surface area contributed by atoms with Crippen LogP contribution in [0.4, 0.5) is 10.1 Å². The Bertz CT molecular complexity index is 816. The van der Waals surface area contributed by atoms with Crippen molar-refractivity contribution in [1.82, 2.24) is 0 Å². The van der Waals surface area contributed by atoms with Crippen molar-refractivity contribution < 1.29 is 18.7 Å². The number of halogens is 2. The maximum atomic E-state index is 13.7.